The second kappa shape index (κ2) is 15.2. The maximum Gasteiger partial charge on any atom is 0.274 e. The largest absolute Gasteiger partial charge is 0.490 e. The zero-order chi connectivity index (χ0) is 38.4. The molecule has 0 radical (unpaired) electrons. The van der Waals surface area contributed by atoms with Crippen LogP contribution >= 0.6 is 0 Å². The van der Waals surface area contributed by atoms with E-state index in [4.69, 9.17) is 9.84 Å². The molecule has 0 bridgehead atoms. The normalized spacial score (nSPS) is 24.6. The highest BCUT2D eigenvalue weighted by atomic mass is 19.1. The Hall–Kier alpha value is -5.18. The molecule has 4 fully saturated rings. The topological polar surface area (TPSA) is 144 Å². The number of halogens is 2. The highest BCUT2D eigenvalue weighted by molar-refractivity contribution is 6.08. The summed E-state index contributed by atoms with van der Waals surface area (Å²) < 4.78 is 38.3. The number of carbonyl (C=O) groups is 3. The van der Waals surface area contributed by atoms with Gasteiger partial charge >= 0.3 is 0 Å². The fourth-order valence-corrected chi connectivity index (χ4v) is 8.26. The number of nitrogens with zero attached hydrogens (tertiary/aromatic N) is 6. The summed E-state index contributed by atoms with van der Waals surface area (Å²) in [5, 5.41) is 10.8. The van der Waals surface area contributed by atoms with Crippen molar-refractivity contribution in [2.75, 3.05) is 42.9 Å². The molecule has 2 aliphatic heterocycles. The summed E-state index contributed by atoms with van der Waals surface area (Å²) in [5.74, 6) is -1.00. The van der Waals surface area contributed by atoms with E-state index >= 15 is 4.39 Å². The monoisotopic (exact) mass is 756 g/mol. The Labute approximate surface area is 317 Å². The van der Waals surface area contributed by atoms with Crippen LogP contribution in [0.15, 0.2) is 53.7 Å². The Morgan fingerprint density at radius 1 is 1.05 bits per heavy atom. The summed E-state index contributed by atoms with van der Waals surface area (Å²) in [6.45, 7) is 7.65. The highest BCUT2D eigenvalue weighted by Gasteiger charge is 2.40. The molecule has 1 aromatic carbocycles. The zero-order valence-corrected chi connectivity index (χ0v) is 31.0. The van der Waals surface area contributed by atoms with E-state index in [0.29, 0.717) is 54.5 Å². The predicted octanol–water partition coefficient (Wildman–Crippen LogP) is 5.13. The van der Waals surface area contributed by atoms with Gasteiger partial charge in [-0.05, 0) is 81.7 Å². The molecule has 2 saturated carbocycles. The molecule has 5 heterocycles. The molecule has 4 aromatic rings. The number of nitrogens with one attached hydrogen (secondary N) is 2. The molecule has 2 saturated heterocycles. The molecule has 3 amide bonds. The van der Waals surface area contributed by atoms with Gasteiger partial charge in [-0.1, -0.05) is 0 Å². The molecule has 4 aliphatic rings. The third-order valence-electron chi connectivity index (χ3n) is 11.4. The molecule has 8 rings (SSSR count). The number of piperidine rings is 1. The number of benzene rings is 1. The van der Waals surface area contributed by atoms with Gasteiger partial charge in [-0.3, -0.25) is 34.1 Å². The van der Waals surface area contributed by atoms with E-state index in [1.165, 1.54) is 16.7 Å². The molecular formula is C40H46F2N8O5. The summed E-state index contributed by atoms with van der Waals surface area (Å²) in [6.07, 6.45) is 8.74. The van der Waals surface area contributed by atoms with Crippen molar-refractivity contribution in [3.05, 3.63) is 76.2 Å². The quantitative estimate of drug-likeness (QED) is 0.211. The number of pyridine rings is 2. The number of rotatable bonds is 10. The van der Waals surface area contributed by atoms with E-state index < -0.39 is 41.3 Å². The van der Waals surface area contributed by atoms with Gasteiger partial charge in [-0.2, -0.15) is 5.10 Å². The van der Waals surface area contributed by atoms with Crippen molar-refractivity contribution in [2.24, 2.45) is 5.92 Å². The van der Waals surface area contributed by atoms with Crippen LogP contribution in [0.25, 0.3) is 10.9 Å². The van der Waals surface area contributed by atoms with Gasteiger partial charge in [0.1, 0.15) is 17.6 Å². The molecule has 15 heteroatoms. The first kappa shape index (κ1) is 36.8. The Balaban J connectivity index is 0.866. The smallest absolute Gasteiger partial charge is 0.274 e. The fourth-order valence-electron chi connectivity index (χ4n) is 8.26. The van der Waals surface area contributed by atoms with Gasteiger partial charge in [0.2, 0.25) is 11.8 Å². The van der Waals surface area contributed by atoms with Crippen molar-refractivity contribution in [3.8, 4) is 5.75 Å². The average molecular weight is 757 g/mol. The minimum Gasteiger partial charge on any atom is -0.490 e. The molecule has 1 unspecified atom stereocenters. The number of ether oxygens (including phenoxy) is 1. The van der Waals surface area contributed by atoms with Crippen LogP contribution < -0.4 is 25.8 Å². The first-order valence-electron chi connectivity index (χ1n) is 19.3. The molecule has 2 aliphatic carbocycles. The van der Waals surface area contributed by atoms with E-state index in [1.54, 1.807) is 30.6 Å². The van der Waals surface area contributed by atoms with E-state index in [2.05, 4.69) is 20.5 Å². The summed E-state index contributed by atoms with van der Waals surface area (Å²) in [7, 11) is 0. The SMILES string of the molecule is CC(C)Oc1cc2nn([C@H]3CC[C@H](CN4CCN(c5ncc(C6CCC(=O)NC6=O)cc5F)CC4)CC3)cc2cc1C(=O)Nc1cccn([C@H]2C[C@H]2F)c1=O. The van der Waals surface area contributed by atoms with E-state index in [1.807, 2.05) is 29.6 Å². The van der Waals surface area contributed by atoms with Gasteiger partial charge in [0, 0.05) is 75.6 Å². The fraction of sp³-hybridized carbons (Fsp3) is 0.500. The summed E-state index contributed by atoms with van der Waals surface area (Å²) in [4.78, 5) is 59.1. The molecular weight excluding hydrogens is 710 g/mol. The number of piperazine rings is 1. The van der Waals surface area contributed by atoms with Crippen LogP contribution in [0.2, 0.25) is 0 Å². The lowest BCUT2D eigenvalue weighted by atomic mass is 9.85. The number of hydrogen-bond donors (Lipinski definition) is 2. The molecule has 0 spiro atoms. The van der Waals surface area contributed by atoms with Crippen molar-refractivity contribution in [3.63, 3.8) is 0 Å². The average Bonchev–Trinajstić information content (AvgIpc) is 3.73. The highest BCUT2D eigenvalue weighted by Crippen LogP contribution is 2.38. The third-order valence-corrected chi connectivity index (χ3v) is 11.4. The van der Waals surface area contributed by atoms with Gasteiger partial charge in [0.25, 0.3) is 11.5 Å². The molecule has 13 nitrogen and oxygen atoms in total. The Morgan fingerprint density at radius 3 is 2.51 bits per heavy atom. The molecule has 3 atom stereocenters. The lowest BCUT2D eigenvalue weighted by Crippen LogP contribution is -2.48. The van der Waals surface area contributed by atoms with Gasteiger partial charge in [-0.25, -0.2) is 13.8 Å². The standard InChI is InChI=1S/C40H46F2N8O5/c1-23(2)55-35-19-33-26(16-29(35)39(53)44-32-4-3-11-49(40(32)54)34-18-30(34)41)22-50(46-33)27-7-5-24(6-8-27)21-47-12-14-48(15-13-47)37-31(42)17-25(20-43-37)28-9-10-36(51)45-38(28)52/h3-4,11,16-17,19-20,22-24,27-28,30,34H,5-10,12-15,18,21H2,1-2H3,(H,44,53)(H,45,51,52)/t24-,27-,28?,30-,34+/m1/s1. The minimum atomic E-state index is -1.05. The first-order valence-corrected chi connectivity index (χ1v) is 19.3. The number of alkyl halides is 1. The zero-order valence-electron chi connectivity index (χ0n) is 31.0. The predicted molar refractivity (Wildman–Crippen MR) is 202 cm³/mol. The number of carbonyl (C=O) groups excluding carboxylic acids is 3. The summed E-state index contributed by atoms with van der Waals surface area (Å²) >= 11 is 0. The van der Waals surface area contributed by atoms with Crippen LogP contribution in [0.5, 0.6) is 5.75 Å². The van der Waals surface area contributed by atoms with Crippen molar-refractivity contribution < 1.29 is 27.9 Å². The number of hydrogen-bond acceptors (Lipinski definition) is 9. The molecule has 290 valence electrons. The van der Waals surface area contributed by atoms with E-state index in [0.717, 1.165) is 50.7 Å². The van der Waals surface area contributed by atoms with Crippen LogP contribution in [0.4, 0.5) is 20.3 Å². The number of anilines is 2. The second-order valence-electron chi connectivity index (χ2n) is 15.6. The van der Waals surface area contributed by atoms with Crippen molar-refractivity contribution in [1.29, 1.82) is 0 Å². The Morgan fingerprint density at radius 2 is 1.82 bits per heavy atom. The van der Waals surface area contributed by atoms with Crippen molar-refractivity contribution >= 4 is 40.1 Å². The van der Waals surface area contributed by atoms with Crippen LogP contribution in [0, 0.1) is 11.7 Å². The van der Waals surface area contributed by atoms with E-state index in [-0.39, 0.29) is 35.7 Å². The Bertz CT molecular complexity index is 2170. The van der Waals surface area contributed by atoms with Crippen LogP contribution in [0.3, 0.4) is 0 Å². The molecule has 2 N–H and O–H groups in total. The summed E-state index contributed by atoms with van der Waals surface area (Å²) in [5.41, 5.74) is 1.14. The van der Waals surface area contributed by atoms with Crippen LogP contribution in [-0.4, -0.2) is 87.0 Å². The van der Waals surface area contributed by atoms with Crippen LogP contribution in [0.1, 0.15) is 92.7 Å². The maximum atomic E-state index is 15.2. The number of aromatic nitrogens is 4. The molecule has 3 aromatic heterocycles. The number of fused-ring (bicyclic) bond motifs is 1. The molecule has 55 heavy (non-hydrogen) atoms. The maximum absolute atomic E-state index is 15.2. The summed E-state index contributed by atoms with van der Waals surface area (Å²) in [6, 6.07) is 7.79. The first-order chi connectivity index (χ1) is 26.5. The van der Waals surface area contributed by atoms with Gasteiger partial charge in [0.15, 0.2) is 11.6 Å². The van der Waals surface area contributed by atoms with E-state index in [9.17, 15) is 23.6 Å². The minimum absolute atomic E-state index is 0.0840. The number of imide groups is 1. The lowest BCUT2D eigenvalue weighted by molar-refractivity contribution is -0.134. The van der Waals surface area contributed by atoms with Gasteiger partial charge in [0.05, 0.1) is 35.2 Å². The van der Waals surface area contributed by atoms with Gasteiger partial charge < -0.3 is 19.5 Å². The third kappa shape index (κ3) is 7.84. The number of amides is 3. The van der Waals surface area contributed by atoms with Gasteiger partial charge in [-0.15, -0.1) is 0 Å². The van der Waals surface area contributed by atoms with Crippen molar-refractivity contribution in [2.45, 2.75) is 89.1 Å². The van der Waals surface area contributed by atoms with Crippen molar-refractivity contribution in [1.82, 2.24) is 29.5 Å². The van der Waals surface area contributed by atoms with Crippen LogP contribution in [-0.2, 0) is 9.59 Å². The lowest BCUT2D eigenvalue weighted by Gasteiger charge is -2.38. The Kier molecular flexibility index (Phi) is 10.1. The second-order valence-corrected chi connectivity index (χ2v) is 15.6.